The van der Waals surface area contributed by atoms with Crippen LogP contribution in [0.3, 0.4) is 0 Å². The molecule has 8 nitrogen and oxygen atoms in total. The largest absolute Gasteiger partial charge is 0.480 e. The first-order chi connectivity index (χ1) is 15.4. The summed E-state index contributed by atoms with van der Waals surface area (Å²) in [6.07, 6.45) is 3.51. The Bertz CT molecular complexity index is 786. The van der Waals surface area contributed by atoms with E-state index in [1.807, 2.05) is 30.3 Å². The summed E-state index contributed by atoms with van der Waals surface area (Å²) in [6, 6.07) is 7.28. The molecule has 8 heteroatoms. The number of aryl methyl sites for hydroxylation is 1. The molecular formula is C24H34N2O6. The number of piperidine rings is 1. The average molecular weight is 447 g/mol. The molecular weight excluding hydrogens is 412 g/mol. The molecule has 1 aromatic rings. The van der Waals surface area contributed by atoms with Crippen molar-refractivity contribution in [3.05, 3.63) is 35.9 Å². The van der Waals surface area contributed by atoms with Crippen molar-refractivity contribution in [2.24, 2.45) is 0 Å². The fraction of sp³-hybridized carbons (Fsp3) is 0.625. The number of ether oxygens (including phenoxy) is 2. The van der Waals surface area contributed by atoms with Crippen molar-refractivity contribution in [3.8, 4) is 0 Å². The van der Waals surface area contributed by atoms with Gasteiger partial charge >= 0.3 is 11.9 Å². The van der Waals surface area contributed by atoms with Crippen LogP contribution in [0.2, 0.25) is 0 Å². The van der Waals surface area contributed by atoms with Crippen LogP contribution in [0.25, 0.3) is 0 Å². The predicted octanol–water partition coefficient (Wildman–Crippen LogP) is 2.15. The number of carboxylic acids is 1. The molecule has 0 saturated carbocycles. The Labute approximate surface area is 189 Å². The summed E-state index contributed by atoms with van der Waals surface area (Å²) in [5, 5.41) is 12.9. The van der Waals surface area contributed by atoms with Crippen LogP contribution in [0.15, 0.2) is 30.3 Å². The number of rotatable bonds is 9. The minimum Gasteiger partial charge on any atom is -0.480 e. The van der Waals surface area contributed by atoms with E-state index in [0.29, 0.717) is 32.3 Å². The number of carbonyl (C=O) groups excluding carboxylic acids is 2. The molecule has 1 amide bonds. The fourth-order valence-corrected chi connectivity index (χ4v) is 4.73. The molecule has 3 rings (SSSR count). The molecule has 32 heavy (non-hydrogen) atoms. The van der Waals surface area contributed by atoms with E-state index in [1.165, 1.54) is 4.90 Å². The molecule has 2 heterocycles. The van der Waals surface area contributed by atoms with Gasteiger partial charge in [0.15, 0.2) is 0 Å². The van der Waals surface area contributed by atoms with Gasteiger partial charge in [0.2, 0.25) is 5.91 Å². The molecule has 3 unspecified atom stereocenters. The van der Waals surface area contributed by atoms with E-state index in [0.717, 1.165) is 18.4 Å². The molecule has 2 aliphatic rings. The lowest BCUT2D eigenvalue weighted by atomic mass is 9.87. The fourth-order valence-electron chi connectivity index (χ4n) is 4.73. The second kappa shape index (κ2) is 11.4. The molecule has 1 aromatic carbocycles. The Morgan fingerprint density at radius 3 is 2.66 bits per heavy atom. The maximum atomic E-state index is 13.5. The molecule has 2 N–H and O–H groups in total. The lowest BCUT2D eigenvalue weighted by molar-refractivity contribution is -0.167. The number of carboxylic acid groups (broad SMARTS) is 1. The van der Waals surface area contributed by atoms with Crippen LogP contribution < -0.4 is 5.32 Å². The first-order valence-electron chi connectivity index (χ1n) is 11.6. The Morgan fingerprint density at radius 1 is 1.22 bits per heavy atom. The van der Waals surface area contributed by atoms with Gasteiger partial charge in [0.05, 0.1) is 24.8 Å². The molecule has 0 aromatic heterocycles. The minimum atomic E-state index is -0.999. The van der Waals surface area contributed by atoms with Crippen molar-refractivity contribution < 1.29 is 29.0 Å². The molecule has 0 radical (unpaired) electrons. The minimum absolute atomic E-state index is 0.130. The Kier molecular flexibility index (Phi) is 8.64. The van der Waals surface area contributed by atoms with Crippen molar-refractivity contribution in [1.29, 1.82) is 0 Å². The summed E-state index contributed by atoms with van der Waals surface area (Å²) < 4.78 is 11.1. The van der Waals surface area contributed by atoms with Crippen LogP contribution >= 0.6 is 0 Å². The number of amides is 1. The molecule has 0 aliphatic carbocycles. The van der Waals surface area contributed by atoms with E-state index in [-0.39, 0.29) is 24.7 Å². The highest BCUT2D eigenvalue weighted by Gasteiger charge is 2.46. The van der Waals surface area contributed by atoms with Gasteiger partial charge in [-0.25, -0.2) is 4.79 Å². The van der Waals surface area contributed by atoms with Gasteiger partial charge < -0.3 is 19.5 Å². The van der Waals surface area contributed by atoms with Crippen LogP contribution in [-0.4, -0.2) is 71.3 Å². The lowest BCUT2D eigenvalue weighted by Crippen LogP contribution is -2.64. The maximum Gasteiger partial charge on any atom is 0.326 e. The number of aliphatic carboxylic acids is 1. The second-order valence-electron chi connectivity index (χ2n) is 8.51. The molecule has 0 spiro atoms. The van der Waals surface area contributed by atoms with Crippen LogP contribution in [-0.2, 0) is 30.3 Å². The van der Waals surface area contributed by atoms with Crippen molar-refractivity contribution >= 4 is 17.8 Å². The van der Waals surface area contributed by atoms with Gasteiger partial charge in [0, 0.05) is 6.61 Å². The Balaban J connectivity index is 1.72. The maximum absolute atomic E-state index is 13.5. The quantitative estimate of drug-likeness (QED) is 0.560. The SMILES string of the molecule is CCOC(=O)[C@H](CCc1ccccc1)NC(C)C(=O)N1C2CCCOC2CC[C@H]1C(=O)O. The number of fused-ring (bicyclic) bond motifs is 1. The normalized spacial score (nSPS) is 24.8. The van der Waals surface area contributed by atoms with E-state index in [9.17, 15) is 19.5 Å². The summed E-state index contributed by atoms with van der Waals surface area (Å²) in [4.78, 5) is 39.4. The van der Waals surface area contributed by atoms with E-state index in [4.69, 9.17) is 9.47 Å². The highest BCUT2D eigenvalue weighted by Crippen LogP contribution is 2.32. The summed E-state index contributed by atoms with van der Waals surface area (Å²) in [6.45, 7) is 4.32. The average Bonchev–Trinajstić information content (AvgIpc) is 2.81. The van der Waals surface area contributed by atoms with Gasteiger partial charge in [-0.2, -0.15) is 0 Å². The van der Waals surface area contributed by atoms with Crippen LogP contribution in [0, 0.1) is 0 Å². The molecule has 0 bridgehead atoms. The third-order valence-corrected chi connectivity index (χ3v) is 6.32. The monoisotopic (exact) mass is 446 g/mol. The third-order valence-electron chi connectivity index (χ3n) is 6.32. The standard InChI is InChI=1S/C24H34N2O6/c1-3-31-24(30)18(12-11-17-8-5-4-6-9-17)25-16(2)22(27)26-19-10-7-15-32-21(19)14-13-20(26)23(28)29/h4-6,8-9,16,18-21,25H,3,7,10-15H2,1-2H3,(H,28,29)/t16?,18-,19?,20-,21?/m0/s1. The van der Waals surface area contributed by atoms with E-state index in [2.05, 4.69) is 5.32 Å². The highest BCUT2D eigenvalue weighted by atomic mass is 16.5. The van der Waals surface area contributed by atoms with Crippen LogP contribution in [0.4, 0.5) is 0 Å². The molecule has 2 fully saturated rings. The number of hydrogen-bond acceptors (Lipinski definition) is 6. The summed E-state index contributed by atoms with van der Waals surface area (Å²) in [5.41, 5.74) is 1.09. The zero-order chi connectivity index (χ0) is 23.1. The van der Waals surface area contributed by atoms with E-state index >= 15 is 0 Å². The van der Waals surface area contributed by atoms with Crippen molar-refractivity contribution in [2.45, 2.75) is 82.6 Å². The zero-order valence-electron chi connectivity index (χ0n) is 18.9. The van der Waals surface area contributed by atoms with Gasteiger partial charge in [-0.3, -0.25) is 14.9 Å². The topological polar surface area (TPSA) is 105 Å². The van der Waals surface area contributed by atoms with Crippen molar-refractivity contribution in [3.63, 3.8) is 0 Å². The summed E-state index contributed by atoms with van der Waals surface area (Å²) in [7, 11) is 0. The number of likely N-dealkylation sites (tertiary alicyclic amines) is 1. The van der Waals surface area contributed by atoms with Crippen LogP contribution in [0.1, 0.15) is 51.5 Å². The Morgan fingerprint density at radius 2 is 1.97 bits per heavy atom. The van der Waals surface area contributed by atoms with Gasteiger partial charge in [-0.05, 0) is 57.9 Å². The molecule has 176 valence electrons. The molecule has 2 aliphatic heterocycles. The van der Waals surface area contributed by atoms with E-state index in [1.54, 1.807) is 13.8 Å². The van der Waals surface area contributed by atoms with Gasteiger partial charge in [0.1, 0.15) is 12.1 Å². The van der Waals surface area contributed by atoms with Gasteiger partial charge in [0.25, 0.3) is 0 Å². The zero-order valence-corrected chi connectivity index (χ0v) is 18.9. The predicted molar refractivity (Wildman–Crippen MR) is 118 cm³/mol. The smallest absolute Gasteiger partial charge is 0.326 e. The van der Waals surface area contributed by atoms with Crippen LogP contribution in [0.5, 0.6) is 0 Å². The molecule has 5 atom stereocenters. The summed E-state index contributed by atoms with van der Waals surface area (Å²) >= 11 is 0. The number of nitrogens with zero attached hydrogens (tertiary/aromatic N) is 1. The highest BCUT2D eigenvalue weighted by molar-refractivity contribution is 5.88. The number of nitrogens with one attached hydrogen (secondary N) is 1. The summed E-state index contributed by atoms with van der Waals surface area (Å²) in [5.74, 6) is -1.72. The first kappa shape index (κ1) is 24.2. The number of benzene rings is 1. The van der Waals surface area contributed by atoms with Crippen molar-refractivity contribution in [1.82, 2.24) is 10.2 Å². The third kappa shape index (κ3) is 5.86. The van der Waals surface area contributed by atoms with Crippen molar-refractivity contribution in [2.75, 3.05) is 13.2 Å². The molecule has 2 saturated heterocycles. The number of esters is 1. The van der Waals surface area contributed by atoms with E-state index < -0.39 is 30.1 Å². The second-order valence-corrected chi connectivity index (χ2v) is 8.51. The first-order valence-corrected chi connectivity index (χ1v) is 11.6. The number of carbonyl (C=O) groups is 3. The number of hydrogen-bond donors (Lipinski definition) is 2. The Hall–Kier alpha value is -2.45. The van der Waals surface area contributed by atoms with Gasteiger partial charge in [-0.1, -0.05) is 30.3 Å². The van der Waals surface area contributed by atoms with Gasteiger partial charge in [-0.15, -0.1) is 0 Å². The lowest BCUT2D eigenvalue weighted by Gasteiger charge is -2.47.